The van der Waals surface area contributed by atoms with Gasteiger partial charge in [-0.05, 0) is 50.1 Å². The molecule has 1 aromatic carbocycles. The van der Waals surface area contributed by atoms with E-state index in [1.807, 2.05) is 19.9 Å². The molecule has 7 heteroatoms. The summed E-state index contributed by atoms with van der Waals surface area (Å²) in [5.41, 5.74) is 2.22. The normalized spacial score (nSPS) is 11.6. The molecule has 2 aromatic rings. The molecule has 0 atom stereocenters. The van der Waals surface area contributed by atoms with Crippen molar-refractivity contribution in [3.8, 4) is 0 Å². The second kappa shape index (κ2) is 6.41. The van der Waals surface area contributed by atoms with E-state index in [2.05, 4.69) is 9.82 Å². The number of aryl methyl sites for hydroxylation is 3. The molecule has 0 spiro atoms. The molecule has 2 rings (SSSR count). The molecule has 1 heterocycles. The Morgan fingerprint density at radius 1 is 1.09 bits per heavy atom. The zero-order chi connectivity index (χ0) is 16.3. The predicted octanol–water partition coefficient (Wildman–Crippen LogP) is 1.15. The van der Waals surface area contributed by atoms with Crippen LogP contribution in [0.2, 0.25) is 0 Å². The Morgan fingerprint density at radius 3 is 2.36 bits per heavy atom. The van der Waals surface area contributed by atoms with Crippen LogP contribution in [-0.4, -0.2) is 24.7 Å². The van der Waals surface area contributed by atoms with Crippen molar-refractivity contribution in [3.05, 3.63) is 57.5 Å². The van der Waals surface area contributed by atoms with Crippen LogP contribution in [0.25, 0.3) is 0 Å². The Morgan fingerprint density at radius 2 is 1.73 bits per heavy atom. The third-order valence-corrected chi connectivity index (χ3v) is 4.56. The van der Waals surface area contributed by atoms with Crippen molar-refractivity contribution in [3.63, 3.8) is 0 Å². The van der Waals surface area contributed by atoms with Crippen molar-refractivity contribution < 1.29 is 8.42 Å². The minimum atomic E-state index is -3.59. The van der Waals surface area contributed by atoms with Gasteiger partial charge in [-0.25, -0.2) is 17.8 Å². The Kier molecular flexibility index (Phi) is 4.77. The first kappa shape index (κ1) is 16.4. The SMILES string of the molecule is Cc1cc(C)cc(S(=O)(=O)NCCn2nc(C)ccc2=O)c1. The Balaban J connectivity index is 2.10. The van der Waals surface area contributed by atoms with Crippen molar-refractivity contribution in [2.75, 3.05) is 6.54 Å². The van der Waals surface area contributed by atoms with E-state index in [4.69, 9.17) is 0 Å². The molecule has 1 N–H and O–H groups in total. The van der Waals surface area contributed by atoms with Crippen molar-refractivity contribution in [2.24, 2.45) is 0 Å². The maximum Gasteiger partial charge on any atom is 0.266 e. The zero-order valence-electron chi connectivity index (χ0n) is 12.8. The lowest BCUT2D eigenvalue weighted by molar-refractivity contribution is 0.543. The summed E-state index contributed by atoms with van der Waals surface area (Å²) in [5, 5.41) is 4.06. The van der Waals surface area contributed by atoms with Crippen molar-refractivity contribution in [1.82, 2.24) is 14.5 Å². The molecule has 0 amide bonds. The van der Waals surface area contributed by atoms with Gasteiger partial charge in [-0.2, -0.15) is 5.10 Å². The van der Waals surface area contributed by atoms with Crippen molar-refractivity contribution in [1.29, 1.82) is 0 Å². The number of benzene rings is 1. The standard InChI is InChI=1S/C15H19N3O3S/c1-11-8-12(2)10-14(9-11)22(20,21)16-6-7-18-15(19)5-4-13(3)17-18/h4-5,8-10,16H,6-7H2,1-3H3. The van der Waals surface area contributed by atoms with Crippen molar-refractivity contribution >= 4 is 10.0 Å². The van der Waals surface area contributed by atoms with E-state index in [1.165, 1.54) is 10.7 Å². The van der Waals surface area contributed by atoms with Gasteiger partial charge in [0.05, 0.1) is 17.1 Å². The van der Waals surface area contributed by atoms with E-state index in [-0.39, 0.29) is 23.5 Å². The molecule has 0 saturated carbocycles. The number of aromatic nitrogens is 2. The maximum atomic E-state index is 12.3. The Labute approximate surface area is 129 Å². The maximum absolute atomic E-state index is 12.3. The van der Waals surface area contributed by atoms with Gasteiger partial charge in [-0.1, -0.05) is 6.07 Å². The van der Waals surface area contributed by atoms with Gasteiger partial charge < -0.3 is 0 Å². The van der Waals surface area contributed by atoms with E-state index in [0.717, 1.165) is 11.1 Å². The minimum absolute atomic E-state index is 0.103. The second-order valence-electron chi connectivity index (χ2n) is 5.26. The van der Waals surface area contributed by atoms with E-state index >= 15 is 0 Å². The fourth-order valence-electron chi connectivity index (χ4n) is 2.17. The molecule has 22 heavy (non-hydrogen) atoms. The van der Waals surface area contributed by atoms with Crippen LogP contribution in [0.1, 0.15) is 16.8 Å². The number of nitrogens with one attached hydrogen (secondary N) is 1. The smallest absolute Gasteiger partial charge is 0.266 e. The highest BCUT2D eigenvalue weighted by atomic mass is 32.2. The number of sulfonamides is 1. The van der Waals surface area contributed by atoms with Gasteiger partial charge in [0.1, 0.15) is 0 Å². The molecule has 118 valence electrons. The van der Waals surface area contributed by atoms with Crippen molar-refractivity contribution in [2.45, 2.75) is 32.2 Å². The van der Waals surface area contributed by atoms with E-state index < -0.39 is 10.0 Å². The Bertz CT molecular complexity index is 821. The first-order valence-corrected chi connectivity index (χ1v) is 8.39. The molecule has 1 aromatic heterocycles. The highest BCUT2D eigenvalue weighted by Gasteiger charge is 2.14. The average molecular weight is 321 g/mol. The molecule has 0 aliphatic heterocycles. The average Bonchev–Trinajstić information content (AvgIpc) is 2.41. The third kappa shape index (κ3) is 4.02. The minimum Gasteiger partial charge on any atom is -0.268 e. The molecule has 0 bridgehead atoms. The predicted molar refractivity (Wildman–Crippen MR) is 84.3 cm³/mol. The fourth-order valence-corrected chi connectivity index (χ4v) is 3.38. The number of hydrogen-bond acceptors (Lipinski definition) is 4. The molecule has 0 unspecified atom stereocenters. The van der Waals surface area contributed by atoms with Crippen LogP contribution in [0.15, 0.2) is 40.0 Å². The lowest BCUT2D eigenvalue weighted by atomic mass is 10.2. The second-order valence-corrected chi connectivity index (χ2v) is 7.02. The first-order chi connectivity index (χ1) is 10.3. The van der Waals surface area contributed by atoms with Crippen LogP contribution in [0, 0.1) is 20.8 Å². The van der Waals surface area contributed by atoms with Gasteiger partial charge in [0, 0.05) is 12.6 Å². The Hall–Kier alpha value is -1.99. The van der Waals surface area contributed by atoms with E-state index in [1.54, 1.807) is 25.1 Å². The quantitative estimate of drug-likeness (QED) is 0.895. The largest absolute Gasteiger partial charge is 0.268 e. The zero-order valence-corrected chi connectivity index (χ0v) is 13.6. The van der Waals surface area contributed by atoms with Crippen LogP contribution in [0.4, 0.5) is 0 Å². The molecule has 0 fully saturated rings. The van der Waals surface area contributed by atoms with Gasteiger partial charge in [-0.3, -0.25) is 4.79 Å². The topological polar surface area (TPSA) is 81.1 Å². The summed E-state index contributed by atoms with van der Waals surface area (Å²) in [6, 6.07) is 8.19. The van der Waals surface area contributed by atoms with E-state index in [9.17, 15) is 13.2 Å². The van der Waals surface area contributed by atoms with Gasteiger partial charge >= 0.3 is 0 Å². The van der Waals surface area contributed by atoms with Gasteiger partial charge in [0.2, 0.25) is 10.0 Å². The number of nitrogens with zero attached hydrogens (tertiary/aromatic N) is 2. The number of rotatable bonds is 5. The summed E-state index contributed by atoms with van der Waals surface area (Å²) in [5.74, 6) is 0. The molecule has 0 aliphatic rings. The summed E-state index contributed by atoms with van der Waals surface area (Å²) in [6.07, 6.45) is 0. The molecule has 0 saturated heterocycles. The summed E-state index contributed by atoms with van der Waals surface area (Å²) in [7, 11) is -3.59. The van der Waals surface area contributed by atoms with Crippen LogP contribution in [0.5, 0.6) is 0 Å². The molecule has 6 nitrogen and oxygen atoms in total. The fraction of sp³-hybridized carbons (Fsp3) is 0.333. The first-order valence-electron chi connectivity index (χ1n) is 6.91. The van der Waals surface area contributed by atoms with Gasteiger partial charge in [0.25, 0.3) is 5.56 Å². The molecule has 0 radical (unpaired) electrons. The molecular weight excluding hydrogens is 302 g/mol. The lowest BCUT2D eigenvalue weighted by Crippen LogP contribution is -2.32. The molecular formula is C15H19N3O3S. The monoisotopic (exact) mass is 321 g/mol. The number of hydrogen-bond donors (Lipinski definition) is 1. The summed E-state index contributed by atoms with van der Waals surface area (Å²) in [6.45, 7) is 5.76. The van der Waals surface area contributed by atoms with E-state index in [0.29, 0.717) is 5.69 Å². The van der Waals surface area contributed by atoms with Gasteiger partial charge in [0.15, 0.2) is 0 Å². The van der Waals surface area contributed by atoms with Crippen LogP contribution in [0.3, 0.4) is 0 Å². The summed E-state index contributed by atoms with van der Waals surface area (Å²) in [4.78, 5) is 11.8. The van der Waals surface area contributed by atoms with Crippen LogP contribution in [-0.2, 0) is 16.6 Å². The highest BCUT2D eigenvalue weighted by Crippen LogP contribution is 2.13. The van der Waals surface area contributed by atoms with Crippen LogP contribution < -0.4 is 10.3 Å². The third-order valence-electron chi connectivity index (χ3n) is 3.12. The highest BCUT2D eigenvalue weighted by molar-refractivity contribution is 7.89. The molecule has 0 aliphatic carbocycles. The van der Waals surface area contributed by atoms with Crippen LogP contribution >= 0.6 is 0 Å². The lowest BCUT2D eigenvalue weighted by Gasteiger charge is -2.09. The summed E-state index contributed by atoms with van der Waals surface area (Å²) < 4.78 is 28.3. The van der Waals surface area contributed by atoms with Gasteiger partial charge in [-0.15, -0.1) is 0 Å². The summed E-state index contributed by atoms with van der Waals surface area (Å²) >= 11 is 0.